The number of hydrogen-bond donors (Lipinski definition) is 0. The van der Waals surface area contributed by atoms with Gasteiger partial charge < -0.3 is 0 Å². The van der Waals surface area contributed by atoms with Crippen LogP contribution in [0, 0.1) is 6.92 Å². The van der Waals surface area contributed by atoms with Gasteiger partial charge in [-0.05, 0) is 36.2 Å². The minimum absolute atomic E-state index is 0.0486. The normalized spacial score (nSPS) is 13.2. The first-order valence-electron chi connectivity index (χ1n) is 6.20. The lowest BCUT2D eigenvalue weighted by atomic mass is 10.0. The second kappa shape index (κ2) is 6.48. The first-order chi connectivity index (χ1) is 9.79. The monoisotopic (exact) mass is 421 g/mol. The topological polar surface area (TPSA) is 12.9 Å². The molecule has 0 bridgehead atoms. The predicted molar refractivity (Wildman–Crippen MR) is 83.5 cm³/mol. The van der Waals surface area contributed by atoms with E-state index in [4.69, 9.17) is 0 Å². The molecule has 2 aromatic rings. The SMILES string of the molecule is Cc1cccnc1CC(Br)c1ccc(Br)c(C(F)(F)F)c1. The Morgan fingerprint density at radius 3 is 2.57 bits per heavy atom. The van der Waals surface area contributed by atoms with Crippen molar-refractivity contribution >= 4 is 31.9 Å². The van der Waals surface area contributed by atoms with Gasteiger partial charge in [0.1, 0.15) is 0 Å². The summed E-state index contributed by atoms with van der Waals surface area (Å²) in [6.45, 7) is 1.94. The van der Waals surface area contributed by atoms with E-state index in [1.54, 1.807) is 12.3 Å². The first kappa shape index (κ1) is 16.5. The maximum atomic E-state index is 12.9. The Bertz CT molecular complexity index is 641. The molecule has 21 heavy (non-hydrogen) atoms. The molecule has 1 unspecified atom stereocenters. The largest absolute Gasteiger partial charge is 0.417 e. The molecule has 1 aromatic carbocycles. The van der Waals surface area contributed by atoms with Crippen LogP contribution in [0.3, 0.4) is 0 Å². The lowest BCUT2D eigenvalue weighted by Crippen LogP contribution is -2.08. The molecule has 0 aliphatic carbocycles. The number of aromatic nitrogens is 1. The first-order valence-corrected chi connectivity index (χ1v) is 7.91. The van der Waals surface area contributed by atoms with Crippen molar-refractivity contribution in [3.8, 4) is 0 Å². The second-order valence-corrected chi connectivity index (χ2v) is 6.64. The maximum Gasteiger partial charge on any atom is 0.417 e. The van der Waals surface area contributed by atoms with E-state index in [-0.39, 0.29) is 9.30 Å². The van der Waals surface area contributed by atoms with E-state index >= 15 is 0 Å². The number of benzene rings is 1. The summed E-state index contributed by atoms with van der Waals surface area (Å²) in [6.07, 6.45) is -2.15. The number of alkyl halides is 4. The fourth-order valence-electron chi connectivity index (χ4n) is 1.97. The van der Waals surface area contributed by atoms with E-state index in [0.29, 0.717) is 12.0 Å². The van der Waals surface area contributed by atoms with Gasteiger partial charge in [0.15, 0.2) is 0 Å². The number of aryl methyl sites for hydroxylation is 1. The van der Waals surface area contributed by atoms with E-state index < -0.39 is 11.7 Å². The summed E-state index contributed by atoms with van der Waals surface area (Å²) in [5.74, 6) is 0. The van der Waals surface area contributed by atoms with E-state index in [0.717, 1.165) is 11.3 Å². The predicted octanol–water partition coefficient (Wildman–Crippen LogP) is 5.85. The molecule has 0 amide bonds. The highest BCUT2D eigenvalue weighted by Crippen LogP contribution is 2.38. The summed E-state index contributed by atoms with van der Waals surface area (Å²) in [6, 6.07) is 8.05. The van der Waals surface area contributed by atoms with Gasteiger partial charge in [0.05, 0.1) is 5.56 Å². The van der Waals surface area contributed by atoms with E-state index in [1.165, 1.54) is 12.1 Å². The zero-order valence-corrected chi connectivity index (χ0v) is 14.3. The fraction of sp³-hybridized carbons (Fsp3) is 0.267. The molecule has 0 saturated carbocycles. The summed E-state index contributed by atoms with van der Waals surface area (Å²) in [5, 5.41) is 0. The van der Waals surface area contributed by atoms with Crippen LogP contribution in [-0.2, 0) is 12.6 Å². The number of hydrogen-bond acceptors (Lipinski definition) is 1. The lowest BCUT2D eigenvalue weighted by molar-refractivity contribution is -0.138. The van der Waals surface area contributed by atoms with Crippen molar-refractivity contribution in [2.45, 2.75) is 24.3 Å². The van der Waals surface area contributed by atoms with Gasteiger partial charge in [-0.25, -0.2) is 0 Å². The van der Waals surface area contributed by atoms with Gasteiger partial charge in [0.25, 0.3) is 0 Å². The standard InChI is InChI=1S/C15H12Br2F3N/c1-9-3-2-6-21-14(9)8-13(17)10-4-5-12(16)11(7-10)15(18,19)20/h2-7,13H,8H2,1H3. The van der Waals surface area contributed by atoms with E-state index in [1.807, 2.05) is 19.1 Å². The Kier molecular flexibility index (Phi) is 5.09. The highest BCUT2D eigenvalue weighted by atomic mass is 79.9. The van der Waals surface area contributed by atoms with Crippen LogP contribution in [0.25, 0.3) is 0 Å². The molecule has 0 N–H and O–H groups in total. The Labute approximate surface area is 137 Å². The van der Waals surface area contributed by atoms with Crippen LogP contribution in [0.1, 0.15) is 27.2 Å². The van der Waals surface area contributed by atoms with Crippen LogP contribution >= 0.6 is 31.9 Å². The summed E-state index contributed by atoms with van der Waals surface area (Å²) < 4.78 is 38.8. The molecule has 1 atom stereocenters. The maximum absolute atomic E-state index is 12.9. The highest BCUT2D eigenvalue weighted by Gasteiger charge is 2.33. The molecule has 112 valence electrons. The lowest BCUT2D eigenvalue weighted by Gasteiger charge is -2.15. The molecule has 0 radical (unpaired) electrons. The molecule has 1 nitrogen and oxygen atoms in total. The highest BCUT2D eigenvalue weighted by molar-refractivity contribution is 9.10. The van der Waals surface area contributed by atoms with Gasteiger partial charge in [0.2, 0.25) is 0 Å². The van der Waals surface area contributed by atoms with Gasteiger partial charge in [-0.2, -0.15) is 13.2 Å². The van der Waals surface area contributed by atoms with Crippen molar-refractivity contribution in [3.05, 3.63) is 63.4 Å². The van der Waals surface area contributed by atoms with Crippen molar-refractivity contribution in [2.24, 2.45) is 0 Å². The third-order valence-electron chi connectivity index (χ3n) is 3.15. The van der Waals surface area contributed by atoms with Crippen LogP contribution in [0.5, 0.6) is 0 Å². The van der Waals surface area contributed by atoms with Crippen molar-refractivity contribution in [1.82, 2.24) is 4.98 Å². The summed E-state index contributed by atoms with van der Waals surface area (Å²) in [7, 11) is 0. The van der Waals surface area contributed by atoms with Crippen molar-refractivity contribution in [1.29, 1.82) is 0 Å². The van der Waals surface area contributed by atoms with Crippen LogP contribution in [-0.4, -0.2) is 4.98 Å². The Morgan fingerprint density at radius 2 is 1.95 bits per heavy atom. The molecule has 2 rings (SSSR count). The zero-order chi connectivity index (χ0) is 15.6. The number of rotatable bonds is 3. The van der Waals surface area contributed by atoms with Crippen LogP contribution in [0.15, 0.2) is 41.0 Å². The van der Waals surface area contributed by atoms with Gasteiger partial charge in [-0.15, -0.1) is 0 Å². The molecule has 6 heteroatoms. The average molecular weight is 423 g/mol. The van der Waals surface area contributed by atoms with Gasteiger partial charge in [0, 0.05) is 27.6 Å². The van der Waals surface area contributed by atoms with Crippen LogP contribution in [0.2, 0.25) is 0 Å². The molecule has 1 heterocycles. The van der Waals surface area contributed by atoms with Gasteiger partial charge >= 0.3 is 6.18 Å². The average Bonchev–Trinajstić information content (AvgIpc) is 2.40. The molecule has 0 aliphatic rings. The third kappa shape index (κ3) is 4.07. The zero-order valence-electron chi connectivity index (χ0n) is 11.1. The van der Waals surface area contributed by atoms with E-state index in [2.05, 4.69) is 36.8 Å². The molecular formula is C15H12Br2F3N. The number of pyridine rings is 1. The Morgan fingerprint density at radius 1 is 1.24 bits per heavy atom. The van der Waals surface area contributed by atoms with Gasteiger partial charge in [-0.1, -0.05) is 44.0 Å². The third-order valence-corrected chi connectivity index (χ3v) is 4.69. The van der Waals surface area contributed by atoms with E-state index in [9.17, 15) is 13.2 Å². The van der Waals surface area contributed by atoms with Crippen molar-refractivity contribution < 1.29 is 13.2 Å². The Balaban J connectivity index is 2.28. The molecule has 0 fully saturated rings. The molecule has 1 aromatic heterocycles. The smallest absolute Gasteiger partial charge is 0.261 e. The minimum Gasteiger partial charge on any atom is -0.261 e. The molecule has 0 aliphatic heterocycles. The molecule has 0 spiro atoms. The van der Waals surface area contributed by atoms with Crippen LogP contribution < -0.4 is 0 Å². The fourth-order valence-corrected chi connectivity index (χ4v) is 3.04. The second-order valence-electron chi connectivity index (χ2n) is 4.68. The number of nitrogens with zero attached hydrogens (tertiary/aromatic N) is 1. The molecular weight excluding hydrogens is 411 g/mol. The quantitative estimate of drug-likeness (QED) is 0.565. The minimum atomic E-state index is -4.37. The summed E-state index contributed by atoms with van der Waals surface area (Å²) >= 11 is 6.41. The van der Waals surface area contributed by atoms with Crippen LogP contribution in [0.4, 0.5) is 13.2 Å². The van der Waals surface area contributed by atoms with Gasteiger partial charge in [-0.3, -0.25) is 4.98 Å². The molecule has 0 saturated heterocycles. The Hall–Kier alpha value is -0.880. The summed E-state index contributed by atoms with van der Waals surface area (Å²) in [5.41, 5.74) is 1.81. The van der Waals surface area contributed by atoms with Crippen molar-refractivity contribution in [2.75, 3.05) is 0 Å². The van der Waals surface area contributed by atoms with Crippen molar-refractivity contribution in [3.63, 3.8) is 0 Å². The number of halogens is 5. The summed E-state index contributed by atoms with van der Waals surface area (Å²) in [4.78, 5) is 4.05.